The Labute approximate surface area is 106 Å². The minimum Gasteiger partial charge on any atom is -0.357 e. The summed E-state index contributed by atoms with van der Waals surface area (Å²) in [7, 11) is 1.83. The fourth-order valence-corrected chi connectivity index (χ4v) is 2.14. The van der Waals surface area contributed by atoms with Crippen molar-refractivity contribution in [3.8, 4) is 0 Å². The number of nitrogens with zero attached hydrogens (tertiary/aromatic N) is 4. The van der Waals surface area contributed by atoms with Crippen LogP contribution < -0.4 is 10.2 Å². The van der Waals surface area contributed by atoms with E-state index in [1.54, 1.807) is 6.33 Å². The number of rotatable bonds is 5. The van der Waals surface area contributed by atoms with Crippen LogP contribution >= 0.6 is 0 Å². The quantitative estimate of drug-likeness (QED) is 0.839. The van der Waals surface area contributed by atoms with Crippen LogP contribution in [-0.2, 0) is 0 Å². The first kappa shape index (κ1) is 11.3. The van der Waals surface area contributed by atoms with Gasteiger partial charge in [0.15, 0.2) is 11.5 Å². The molecule has 0 saturated heterocycles. The number of hydrogen-bond acceptors (Lipinski definition) is 5. The lowest BCUT2D eigenvalue weighted by atomic mass is 10.3. The molecule has 0 atom stereocenters. The maximum Gasteiger partial charge on any atom is 0.226 e. The highest BCUT2D eigenvalue weighted by Gasteiger charge is 2.25. The Bertz CT molecular complexity index is 544. The number of H-pyrrole nitrogens is 1. The summed E-state index contributed by atoms with van der Waals surface area (Å²) in [5.41, 5.74) is 1.65. The largest absolute Gasteiger partial charge is 0.357 e. The predicted octanol–water partition coefficient (Wildman–Crippen LogP) is 1.63. The first-order valence-electron chi connectivity index (χ1n) is 6.45. The molecular weight excluding hydrogens is 228 g/mol. The normalized spacial score (nSPS) is 15.0. The van der Waals surface area contributed by atoms with E-state index in [0.29, 0.717) is 5.95 Å². The van der Waals surface area contributed by atoms with Crippen LogP contribution in [0.15, 0.2) is 6.33 Å². The monoisotopic (exact) mass is 246 g/mol. The van der Waals surface area contributed by atoms with E-state index >= 15 is 0 Å². The van der Waals surface area contributed by atoms with Gasteiger partial charge in [0.2, 0.25) is 5.95 Å². The molecule has 1 fully saturated rings. The zero-order chi connectivity index (χ0) is 12.5. The lowest BCUT2D eigenvalue weighted by Gasteiger charge is -2.22. The summed E-state index contributed by atoms with van der Waals surface area (Å²) in [4.78, 5) is 18.6. The van der Waals surface area contributed by atoms with Gasteiger partial charge in [0.05, 0.1) is 6.33 Å². The maximum absolute atomic E-state index is 4.58. The number of hydrogen-bond donors (Lipinski definition) is 2. The van der Waals surface area contributed by atoms with E-state index in [-0.39, 0.29) is 0 Å². The van der Waals surface area contributed by atoms with E-state index in [0.717, 1.165) is 36.0 Å². The molecule has 2 aromatic heterocycles. The van der Waals surface area contributed by atoms with E-state index in [1.807, 2.05) is 7.05 Å². The summed E-state index contributed by atoms with van der Waals surface area (Å²) >= 11 is 0. The van der Waals surface area contributed by atoms with Crippen molar-refractivity contribution in [1.29, 1.82) is 0 Å². The second-order valence-corrected chi connectivity index (χ2v) is 4.70. The number of fused-ring (bicyclic) bond motifs is 1. The minimum absolute atomic E-state index is 0.624. The van der Waals surface area contributed by atoms with Gasteiger partial charge in [-0.15, -0.1) is 0 Å². The fourth-order valence-electron chi connectivity index (χ4n) is 2.14. The third-order valence-corrected chi connectivity index (χ3v) is 3.35. The number of aromatic nitrogens is 4. The van der Waals surface area contributed by atoms with Crippen LogP contribution in [-0.4, -0.2) is 40.1 Å². The molecule has 0 amide bonds. The summed E-state index contributed by atoms with van der Waals surface area (Å²) in [6.45, 7) is 4.18. The van der Waals surface area contributed by atoms with Gasteiger partial charge in [0.25, 0.3) is 0 Å². The smallest absolute Gasteiger partial charge is 0.226 e. The Morgan fingerprint density at radius 3 is 2.94 bits per heavy atom. The van der Waals surface area contributed by atoms with Crippen molar-refractivity contribution in [2.75, 3.05) is 30.4 Å². The molecule has 6 heteroatoms. The molecule has 1 aliphatic rings. The topological polar surface area (TPSA) is 69.7 Å². The minimum atomic E-state index is 0.624. The van der Waals surface area contributed by atoms with E-state index in [4.69, 9.17) is 0 Å². The maximum atomic E-state index is 4.58. The van der Waals surface area contributed by atoms with Gasteiger partial charge in [-0.25, -0.2) is 4.98 Å². The van der Waals surface area contributed by atoms with Crippen molar-refractivity contribution in [3.05, 3.63) is 6.33 Å². The molecular formula is C12H18N6. The fraction of sp³-hybridized carbons (Fsp3) is 0.583. The first-order valence-corrected chi connectivity index (χ1v) is 6.45. The third-order valence-electron chi connectivity index (χ3n) is 3.35. The van der Waals surface area contributed by atoms with Gasteiger partial charge in [-0.05, 0) is 25.7 Å². The van der Waals surface area contributed by atoms with Crippen LogP contribution in [0.1, 0.15) is 19.8 Å². The van der Waals surface area contributed by atoms with Crippen molar-refractivity contribution in [2.45, 2.75) is 19.8 Å². The average molecular weight is 246 g/mol. The lowest BCUT2D eigenvalue weighted by molar-refractivity contribution is 0.734. The van der Waals surface area contributed by atoms with Gasteiger partial charge in [-0.1, -0.05) is 0 Å². The Hall–Kier alpha value is -1.85. The molecule has 2 N–H and O–H groups in total. The molecule has 0 spiro atoms. The van der Waals surface area contributed by atoms with Gasteiger partial charge in [-0.2, -0.15) is 9.97 Å². The van der Waals surface area contributed by atoms with Crippen LogP contribution in [0.3, 0.4) is 0 Å². The van der Waals surface area contributed by atoms with Gasteiger partial charge < -0.3 is 15.2 Å². The van der Waals surface area contributed by atoms with E-state index < -0.39 is 0 Å². The van der Waals surface area contributed by atoms with Crippen molar-refractivity contribution in [3.63, 3.8) is 0 Å². The predicted molar refractivity (Wildman–Crippen MR) is 71.8 cm³/mol. The van der Waals surface area contributed by atoms with Gasteiger partial charge >= 0.3 is 0 Å². The van der Waals surface area contributed by atoms with Crippen LogP contribution in [0.4, 0.5) is 11.8 Å². The van der Waals surface area contributed by atoms with Crippen LogP contribution in [0.5, 0.6) is 0 Å². The number of imidazole rings is 1. The Kier molecular flexibility index (Phi) is 2.77. The number of nitrogens with one attached hydrogen (secondary N) is 2. The molecule has 1 aliphatic carbocycles. The van der Waals surface area contributed by atoms with Gasteiger partial charge in [-0.3, -0.25) is 0 Å². The first-order chi connectivity index (χ1) is 8.81. The second-order valence-electron chi connectivity index (χ2n) is 4.70. The molecule has 0 aromatic carbocycles. The summed E-state index contributed by atoms with van der Waals surface area (Å²) in [6, 6.07) is 0. The van der Waals surface area contributed by atoms with Crippen LogP contribution in [0.2, 0.25) is 0 Å². The second kappa shape index (κ2) is 4.44. The molecule has 96 valence electrons. The van der Waals surface area contributed by atoms with Gasteiger partial charge in [0, 0.05) is 20.1 Å². The molecule has 2 heterocycles. The molecule has 2 aromatic rings. The standard InChI is InChI=1S/C12H18N6/c1-3-18(6-8-4-5-8)11-9-10(15-7-14-9)16-12(13-2)17-11/h7-8H,3-6H2,1-2H3,(H2,13,14,15,16,17). The Morgan fingerprint density at radius 2 is 2.28 bits per heavy atom. The van der Waals surface area contributed by atoms with Crippen molar-refractivity contribution < 1.29 is 0 Å². The molecule has 0 radical (unpaired) electrons. The number of anilines is 2. The highest BCUT2D eigenvalue weighted by Crippen LogP contribution is 2.32. The molecule has 0 aliphatic heterocycles. The Balaban J connectivity index is 2.03. The van der Waals surface area contributed by atoms with Gasteiger partial charge in [0.1, 0.15) is 5.52 Å². The van der Waals surface area contributed by atoms with E-state index in [1.165, 1.54) is 12.8 Å². The molecule has 6 nitrogen and oxygen atoms in total. The molecule has 0 unspecified atom stereocenters. The summed E-state index contributed by atoms with van der Waals surface area (Å²) < 4.78 is 0. The van der Waals surface area contributed by atoms with Crippen LogP contribution in [0.25, 0.3) is 11.2 Å². The lowest BCUT2D eigenvalue weighted by Crippen LogP contribution is -2.26. The van der Waals surface area contributed by atoms with E-state index in [2.05, 4.69) is 37.1 Å². The summed E-state index contributed by atoms with van der Waals surface area (Å²) in [5, 5.41) is 2.99. The molecule has 1 saturated carbocycles. The van der Waals surface area contributed by atoms with Crippen molar-refractivity contribution >= 4 is 22.9 Å². The molecule has 0 bridgehead atoms. The van der Waals surface area contributed by atoms with E-state index in [9.17, 15) is 0 Å². The Morgan fingerprint density at radius 1 is 1.44 bits per heavy atom. The average Bonchev–Trinajstić information content (AvgIpc) is 3.09. The molecule has 18 heavy (non-hydrogen) atoms. The SMILES string of the molecule is CCN(CC1CC1)c1nc(NC)nc2nc[nH]c12. The highest BCUT2D eigenvalue weighted by atomic mass is 15.2. The zero-order valence-corrected chi connectivity index (χ0v) is 10.8. The highest BCUT2D eigenvalue weighted by molar-refractivity contribution is 5.84. The van der Waals surface area contributed by atoms with Crippen molar-refractivity contribution in [2.24, 2.45) is 5.92 Å². The zero-order valence-electron chi connectivity index (χ0n) is 10.8. The number of aromatic amines is 1. The third kappa shape index (κ3) is 1.98. The molecule has 3 rings (SSSR count). The van der Waals surface area contributed by atoms with Crippen molar-refractivity contribution in [1.82, 2.24) is 19.9 Å². The van der Waals surface area contributed by atoms with Crippen LogP contribution in [0, 0.1) is 5.92 Å². The summed E-state index contributed by atoms with van der Waals surface area (Å²) in [6.07, 6.45) is 4.35. The summed E-state index contributed by atoms with van der Waals surface area (Å²) in [5.74, 6) is 2.41.